The number of carbonyl (C=O) groups excluding carboxylic acids is 2. The Balaban J connectivity index is 1.14. The van der Waals surface area contributed by atoms with Crippen LogP contribution in [0.3, 0.4) is 0 Å². The van der Waals surface area contributed by atoms with Gasteiger partial charge in [-0.3, -0.25) is 19.5 Å². The molecule has 18 nitrogen and oxygen atoms in total. The third kappa shape index (κ3) is 7.13. The van der Waals surface area contributed by atoms with Crippen molar-refractivity contribution in [2.24, 2.45) is 10.1 Å². The largest absolute Gasteiger partial charge is 0.504 e. The number of nitrogens with one attached hydrogen (secondary N) is 2. The van der Waals surface area contributed by atoms with E-state index in [4.69, 9.17) is 10.6 Å². The Kier molecular flexibility index (Phi) is 9.55. The van der Waals surface area contributed by atoms with Crippen molar-refractivity contribution < 1.29 is 44.8 Å². The number of nitrogens with two attached hydrogens (primary N) is 1. The number of hydrazine groups is 2. The maximum absolute atomic E-state index is 13.9. The zero-order valence-corrected chi connectivity index (χ0v) is 29.8. The number of rotatable bonds is 11. The minimum atomic E-state index is -1.34. The van der Waals surface area contributed by atoms with E-state index in [1.165, 1.54) is 64.1 Å². The molecule has 9 N–H and O–H groups in total. The minimum Gasteiger partial charge on any atom is -0.504 e. The monoisotopic (exact) mass is 779 g/mol. The molecule has 4 aliphatic rings. The summed E-state index contributed by atoms with van der Waals surface area (Å²) in [6.45, 7) is 1.60. The van der Waals surface area contributed by atoms with Crippen LogP contribution in [0.1, 0.15) is 24.6 Å². The molecule has 2 atom stereocenters. The van der Waals surface area contributed by atoms with Gasteiger partial charge in [0.2, 0.25) is 5.91 Å². The van der Waals surface area contributed by atoms with Crippen LogP contribution in [0.25, 0.3) is 0 Å². The van der Waals surface area contributed by atoms with E-state index in [2.05, 4.69) is 26.0 Å². The van der Waals surface area contributed by atoms with E-state index in [0.29, 0.717) is 27.8 Å². The molecule has 0 aliphatic carbocycles. The molecule has 7 rings (SSSR count). The number of thiazole rings is 1. The average molecular weight is 780 g/mol. The summed E-state index contributed by atoms with van der Waals surface area (Å²) in [5.74, 6) is -3.24. The van der Waals surface area contributed by atoms with Gasteiger partial charge in [0.15, 0.2) is 39.7 Å². The number of aromatic nitrogens is 1. The van der Waals surface area contributed by atoms with Crippen molar-refractivity contribution in [1.82, 2.24) is 25.7 Å². The fraction of sp³-hybridized carbons (Fsp3) is 0.188. The fourth-order valence-electron chi connectivity index (χ4n) is 5.52. The number of β-lactam (4-membered cyclic amide) rings is 1. The number of carbonyl (C=O) groups is 3. The van der Waals surface area contributed by atoms with Crippen molar-refractivity contribution in [3.05, 3.63) is 87.4 Å². The zero-order valence-electron chi connectivity index (χ0n) is 27.3. The molecular weight excluding hydrogens is 751 g/mol. The summed E-state index contributed by atoms with van der Waals surface area (Å²) in [6, 6.07) is 8.34. The third-order valence-corrected chi connectivity index (χ3v) is 11.2. The number of aromatic hydroxyl groups is 4. The number of amides is 2. The number of aliphatic imine (C=N–C) groups is 1. The number of hydrogen-bond donors (Lipinski definition) is 8. The SMILES string of the molecule is CC1=NC2=CN(c3ccc(O)c(O)c3)NN2C(SCC2=C(C(=O)O)N3C(=O)C[C@H]3SC2NC(=O)C(=NOCc2ccc(O)c(O)c2)c2csc(N)n2)=C1. The number of nitrogen functional groups attached to an aromatic ring is 1. The van der Waals surface area contributed by atoms with Crippen LogP contribution in [0.5, 0.6) is 23.0 Å². The standard InChI is InChI=1S/C32H29N9O9S3/c1-14-6-26(41-23(34-14)10-39(38-41)16-3-5-20(43)22(45)8-16)51-12-17-28(31(48)49)40-24(46)9-25(40)53-30(17)36-29(47)27(18-13-52-32(33)35-18)37-50-11-15-2-4-19(42)21(44)7-15/h2-8,10,13,25,30,38,42-45H,9,11-12H2,1H3,(H2,33,35)(H,36,47)(H,48,49)/t25-,30?/m1/s1. The van der Waals surface area contributed by atoms with Crippen LogP contribution in [0.2, 0.25) is 0 Å². The Hall–Kier alpha value is -5.90. The van der Waals surface area contributed by atoms with Gasteiger partial charge in [0.05, 0.1) is 28.7 Å². The fourth-order valence-corrected chi connectivity index (χ4v) is 8.73. The molecule has 53 heavy (non-hydrogen) atoms. The van der Waals surface area contributed by atoms with Crippen LogP contribution in [0.4, 0.5) is 10.8 Å². The van der Waals surface area contributed by atoms with Crippen molar-refractivity contribution in [2.45, 2.75) is 30.7 Å². The van der Waals surface area contributed by atoms with Crippen molar-refractivity contribution in [3.8, 4) is 23.0 Å². The van der Waals surface area contributed by atoms with Crippen molar-refractivity contribution >= 4 is 74.9 Å². The molecule has 0 spiro atoms. The highest BCUT2D eigenvalue weighted by molar-refractivity contribution is 8.03. The number of phenols is 4. The van der Waals surface area contributed by atoms with Crippen molar-refractivity contribution in [1.29, 1.82) is 0 Å². The quantitative estimate of drug-likeness (QED) is 0.0602. The summed E-state index contributed by atoms with van der Waals surface area (Å²) < 4.78 is 0. The van der Waals surface area contributed by atoms with Crippen molar-refractivity contribution in [3.63, 3.8) is 0 Å². The average Bonchev–Trinajstić information content (AvgIpc) is 3.74. The van der Waals surface area contributed by atoms with Gasteiger partial charge in [-0.2, -0.15) is 0 Å². The van der Waals surface area contributed by atoms with Crippen LogP contribution in [-0.2, 0) is 25.8 Å². The second-order valence-corrected chi connectivity index (χ2v) is 14.9. The molecular formula is C32H29N9O9S3. The lowest BCUT2D eigenvalue weighted by molar-refractivity contribution is -0.146. The van der Waals surface area contributed by atoms with Gasteiger partial charge >= 0.3 is 5.97 Å². The van der Waals surface area contributed by atoms with E-state index in [1.807, 2.05) is 0 Å². The maximum atomic E-state index is 13.9. The van der Waals surface area contributed by atoms with E-state index < -0.39 is 22.6 Å². The first-order valence-corrected chi connectivity index (χ1v) is 18.3. The highest BCUT2D eigenvalue weighted by Gasteiger charge is 2.49. The summed E-state index contributed by atoms with van der Waals surface area (Å²) in [5.41, 5.74) is 10.4. The van der Waals surface area contributed by atoms with Gasteiger partial charge in [-0.1, -0.05) is 11.2 Å². The third-order valence-electron chi connectivity index (χ3n) is 8.07. The Morgan fingerprint density at radius 3 is 2.57 bits per heavy atom. The summed E-state index contributed by atoms with van der Waals surface area (Å²) in [5, 5.41) is 60.5. The molecule has 2 amide bonds. The number of aliphatic carboxylic acids is 1. The Morgan fingerprint density at radius 1 is 1.13 bits per heavy atom. The lowest BCUT2D eigenvalue weighted by Crippen LogP contribution is -2.58. The normalized spacial score (nSPS) is 19.6. The Bertz CT molecular complexity index is 2200. The summed E-state index contributed by atoms with van der Waals surface area (Å²) >= 11 is 3.50. The first-order valence-electron chi connectivity index (χ1n) is 15.5. The summed E-state index contributed by atoms with van der Waals surface area (Å²) in [6.07, 6.45) is 3.53. The van der Waals surface area contributed by atoms with Gasteiger partial charge in [0.1, 0.15) is 23.4 Å². The maximum Gasteiger partial charge on any atom is 0.352 e. The van der Waals surface area contributed by atoms with E-state index in [0.717, 1.165) is 11.3 Å². The van der Waals surface area contributed by atoms with E-state index in [-0.39, 0.29) is 75.5 Å². The molecule has 5 heterocycles. The van der Waals surface area contributed by atoms with Crippen LogP contribution in [0, 0.1) is 0 Å². The van der Waals surface area contributed by atoms with Gasteiger partial charge in [-0.25, -0.2) is 19.8 Å². The molecule has 0 radical (unpaired) electrons. The van der Waals surface area contributed by atoms with E-state index in [1.54, 1.807) is 35.3 Å². The molecule has 1 unspecified atom stereocenters. The van der Waals surface area contributed by atoms with E-state index in [9.17, 15) is 39.9 Å². The van der Waals surface area contributed by atoms with Gasteiger partial charge in [-0.05, 0) is 42.8 Å². The van der Waals surface area contributed by atoms with Gasteiger partial charge < -0.3 is 41.4 Å². The van der Waals surface area contributed by atoms with Gasteiger partial charge in [0.25, 0.3) is 5.91 Å². The number of allylic oxidation sites excluding steroid dienone is 1. The highest BCUT2D eigenvalue weighted by Crippen LogP contribution is 2.45. The predicted octanol–water partition coefficient (Wildman–Crippen LogP) is 2.64. The lowest BCUT2D eigenvalue weighted by atomic mass is 10.1. The Morgan fingerprint density at radius 2 is 1.89 bits per heavy atom. The summed E-state index contributed by atoms with van der Waals surface area (Å²) in [7, 11) is 0. The van der Waals surface area contributed by atoms with Crippen molar-refractivity contribution in [2.75, 3.05) is 16.5 Å². The molecule has 21 heteroatoms. The molecule has 4 aliphatic heterocycles. The lowest BCUT2D eigenvalue weighted by Gasteiger charge is -2.46. The number of nitrogens with zero attached hydrogens (tertiary/aromatic N) is 6. The zero-order chi connectivity index (χ0) is 37.6. The molecule has 1 saturated heterocycles. The van der Waals surface area contributed by atoms with Crippen LogP contribution in [-0.4, -0.2) is 86.1 Å². The first kappa shape index (κ1) is 35.5. The molecule has 1 aromatic heterocycles. The first-order chi connectivity index (χ1) is 25.4. The van der Waals surface area contributed by atoms with E-state index >= 15 is 0 Å². The highest BCUT2D eigenvalue weighted by atomic mass is 32.2. The number of anilines is 2. The topological polar surface area (TPSA) is 259 Å². The molecule has 0 bridgehead atoms. The molecule has 0 saturated carbocycles. The number of hydrogen-bond acceptors (Lipinski definition) is 18. The Labute approximate surface area is 312 Å². The smallest absolute Gasteiger partial charge is 0.352 e. The number of thioether (sulfide) groups is 2. The number of oxime groups is 1. The van der Waals surface area contributed by atoms with Crippen LogP contribution in [0.15, 0.2) is 86.3 Å². The second-order valence-electron chi connectivity index (χ2n) is 11.7. The van der Waals surface area contributed by atoms with Gasteiger partial charge in [-0.15, -0.1) is 40.4 Å². The van der Waals surface area contributed by atoms with Crippen LogP contribution < -0.4 is 21.6 Å². The molecule has 3 aromatic rings. The molecule has 1 fully saturated rings. The number of carboxylic acids is 1. The minimum absolute atomic E-state index is 0.0115. The number of phenolic OH excluding ortho intramolecular Hbond substituents is 4. The molecule has 2 aromatic carbocycles. The number of fused-ring (bicyclic) bond motifs is 2. The number of benzene rings is 2. The molecule has 274 valence electrons. The predicted molar refractivity (Wildman–Crippen MR) is 196 cm³/mol. The number of carboxylic acid groups (broad SMARTS) is 1. The van der Waals surface area contributed by atoms with Gasteiger partial charge in [0, 0.05) is 28.5 Å². The second kappa shape index (κ2) is 14.3. The summed E-state index contributed by atoms with van der Waals surface area (Å²) in [4.78, 5) is 54.8. The van der Waals surface area contributed by atoms with Crippen LogP contribution >= 0.6 is 34.9 Å².